The van der Waals surface area contributed by atoms with Crippen LogP contribution in [0.2, 0.25) is 0 Å². The minimum Gasteiger partial charge on any atom is -0.326 e. The fourth-order valence-electron chi connectivity index (χ4n) is 3.40. The summed E-state index contributed by atoms with van der Waals surface area (Å²) < 4.78 is 0. The number of carbonyl (C=O) groups excluding carboxylic acids is 2. The summed E-state index contributed by atoms with van der Waals surface area (Å²) in [6.07, 6.45) is 7.53. The summed E-state index contributed by atoms with van der Waals surface area (Å²) in [7, 11) is 0. The molecule has 3 amide bonds. The van der Waals surface area contributed by atoms with E-state index in [0.717, 1.165) is 30.2 Å². The number of anilines is 3. The molecule has 0 bridgehead atoms. The molecule has 4 rings (SSSR count). The van der Waals surface area contributed by atoms with Crippen LogP contribution >= 0.6 is 11.3 Å². The molecule has 3 aromatic rings. The smallest absolute Gasteiger partial charge is 0.325 e. The molecule has 0 unspecified atom stereocenters. The molecule has 1 saturated heterocycles. The largest absolute Gasteiger partial charge is 0.326 e. The second-order valence-electron chi connectivity index (χ2n) is 7.36. The van der Waals surface area contributed by atoms with E-state index >= 15 is 0 Å². The maximum Gasteiger partial charge on any atom is 0.325 e. The highest BCUT2D eigenvalue weighted by atomic mass is 32.1. The molecule has 3 N–H and O–H groups in total. The van der Waals surface area contributed by atoms with Crippen LogP contribution in [0.15, 0.2) is 55.0 Å². The van der Waals surface area contributed by atoms with Gasteiger partial charge in [-0.3, -0.25) is 20.0 Å². The maximum absolute atomic E-state index is 12.4. The number of amides is 3. The van der Waals surface area contributed by atoms with Crippen LogP contribution in [0.1, 0.15) is 23.3 Å². The number of likely N-dealkylation sites (tertiary alicyclic amines) is 1. The van der Waals surface area contributed by atoms with Crippen molar-refractivity contribution in [3.05, 3.63) is 65.4 Å². The van der Waals surface area contributed by atoms with Crippen LogP contribution in [0.4, 0.5) is 21.3 Å². The fourth-order valence-corrected chi connectivity index (χ4v) is 4.21. The molecule has 160 valence electrons. The van der Waals surface area contributed by atoms with Crippen LogP contribution in [0.5, 0.6) is 0 Å². The second kappa shape index (κ2) is 10.1. The van der Waals surface area contributed by atoms with Crippen molar-refractivity contribution in [2.75, 3.05) is 29.0 Å². The van der Waals surface area contributed by atoms with E-state index in [9.17, 15) is 9.59 Å². The number of nitrogens with zero attached hydrogens (tertiary/aromatic N) is 3. The molecule has 1 aromatic carbocycles. The zero-order valence-corrected chi connectivity index (χ0v) is 17.8. The summed E-state index contributed by atoms with van der Waals surface area (Å²) in [5.74, 6) is -0.123. The summed E-state index contributed by atoms with van der Waals surface area (Å²) >= 11 is 1.27. The molecule has 0 atom stereocenters. The lowest BCUT2D eigenvalue weighted by molar-refractivity contribution is -0.115. The highest BCUT2D eigenvalue weighted by Crippen LogP contribution is 2.20. The summed E-state index contributed by atoms with van der Waals surface area (Å²) in [6.45, 7) is 3.28. The van der Waals surface area contributed by atoms with Crippen LogP contribution in [-0.2, 0) is 17.8 Å². The number of aromatic nitrogens is 2. The average molecular weight is 437 g/mol. The van der Waals surface area contributed by atoms with Gasteiger partial charge in [-0.2, -0.15) is 0 Å². The zero-order chi connectivity index (χ0) is 21.5. The Labute approximate surface area is 184 Å². The lowest BCUT2D eigenvalue weighted by Gasteiger charge is -2.14. The quantitative estimate of drug-likeness (QED) is 0.521. The fraction of sp³-hybridized carbons (Fsp3) is 0.273. The van der Waals surface area contributed by atoms with Gasteiger partial charge in [0.2, 0.25) is 5.91 Å². The number of carbonyl (C=O) groups is 2. The van der Waals surface area contributed by atoms with Crippen molar-refractivity contribution in [1.29, 1.82) is 0 Å². The number of urea groups is 1. The van der Waals surface area contributed by atoms with Gasteiger partial charge in [0.15, 0.2) is 5.13 Å². The summed E-state index contributed by atoms with van der Waals surface area (Å²) in [6, 6.07) is 11.1. The average Bonchev–Trinajstić information content (AvgIpc) is 3.42. The first-order valence-electron chi connectivity index (χ1n) is 10.2. The van der Waals surface area contributed by atoms with Crippen molar-refractivity contribution in [1.82, 2.24) is 14.9 Å². The molecule has 0 radical (unpaired) electrons. The topological polar surface area (TPSA) is 99.2 Å². The molecular formula is C22H24N6O2S. The Morgan fingerprint density at radius 1 is 0.968 bits per heavy atom. The Balaban J connectivity index is 1.24. The van der Waals surface area contributed by atoms with E-state index in [-0.39, 0.29) is 12.3 Å². The molecule has 0 aliphatic carbocycles. The van der Waals surface area contributed by atoms with E-state index in [4.69, 9.17) is 0 Å². The Hall–Kier alpha value is -3.30. The van der Waals surface area contributed by atoms with Crippen molar-refractivity contribution in [2.24, 2.45) is 0 Å². The van der Waals surface area contributed by atoms with E-state index < -0.39 is 6.03 Å². The standard InChI is InChI=1S/C22H24N6O2S/c29-20(25-17-7-5-16(6-8-17)15-28-10-1-2-11-28)12-19-14-24-22(31-19)27-21(30)26-18-4-3-9-23-13-18/h3-9,13-14H,1-2,10-12,15H2,(H,25,29)(H2,24,26,27,30). The Kier molecular flexibility index (Phi) is 6.85. The highest BCUT2D eigenvalue weighted by Gasteiger charge is 2.13. The predicted octanol–water partition coefficient (Wildman–Crippen LogP) is 3.96. The molecule has 1 fully saturated rings. The third-order valence-corrected chi connectivity index (χ3v) is 5.78. The van der Waals surface area contributed by atoms with Crippen LogP contribution < -0.4 is 16.0 Å². The Morgan fingerprint density at radius 3 is 2.52 bits per heavy atom. The number of hydrogen-bond acceptors (Lipinski definition) is 6. The van der Waals surface area contributed by atoms with Gasteiger partial charge in [0, 0.05) is 29.5 Å². The van der Waals surface area contributed by atoms with Crippen molar-refractivity contribution in [2.45, 2.75) is 25.8 Å². The van der Waals surface area contributed by atoms with Crippen LogP contribution in [0.25, 0.3) is 0 Å². The minimum atomic E-state index is -0.410. The number of rotatable bonds is 7. The summed E-state index contributed by atoms with van der Waals surface area (Å²) in [4.78, 5) is 35.7. The molecule has 0 saturated carbocycles. The van der Waals surface area contributed by atoms with E-state index in [2.05, 4.69) is 43.0 Å². The number of thiazole rings is 1. The first-order chi connectivity index (χ1) is 15.1. The molecule has 0 spiro atoms. The van der Waals surface area contributed by atoms with Crippen LogP contribution in [0, 0.1) is 0 Å². The first kappa shape index (κ1) is 21.0. The van der Waals surface area contributed by atoms with Gasteiger partial charge in [0.25, 0.3) is 0 Å². The van der Waals surface area contributed by atoms with Crippen molar-refractivity contribution < 1.29 is 9.59 Å². The van der Waals surface area contributed by atoms with Gasteiger partial charge in [-0.05, 0) is 55.8 Å². The van der Waals surface area contributed by atoms with Crippen LogP contribution in [-0.4, -0.2) is 39.9 Å². The summed E-state index contributed by atoms with van der Waals surface area (Å²) in [5, 5.41) is 8.68. The lowest BCUT2D eigenvalue weighted by Crippen LogP contribution is -2.19. The molecule has 31 heavy (non-hydrogen) atoms. The van der Waals surface area contributed by atoms with Gasteiger partial charge in [0.05, 0.1) is 18.3 Å². The molecular weight excluding hydrogens is 412 g/mol. The van der Waals surface area contributed by atoms with Crippen LogP contribution in [0.3, 0.4) is 0 Å². The van der Waals surface area contributed by atoms with Gasteiger partial charge in [-0.15, -0.1) is 11.3 Å². The molecule has 2 aromatic heterocycles. The van der Waals surface area contributed by atoms with Gasteiger partial charge in [-0.25, -0.2) is 9.78 Å². The number of nitrogens with one attached hydrogen (secondary N) is 3. The van der Waals surface area contributed by atoms with E-state index in [1.165, 1.54) is 29.7 Å². The Morgan fingerprint density at radius 2 is 1.77 bits per heavy atom. The molecule has 3 heterocycles. The number of hydrogen-bond donors (Lipinski definition) is 3. The van der Waals surface area contributed by atoms with Gasteiger partial charge in [0.1, 0.15) is 0 Å². The number of benzene rings is 1. The monoisotopic (exact) mass is 436 g/mol. The van der Waals surface area contributed by atoms with Crippen molar-refractivity contribution >= 4 is 39.8 Å². The maximum atomic E-state index is 12.4. The SMILES string of the molecule is O=C(Cc1cnc(NC(=O)Nc2cccnc2)s1)Nc1ccc(CN2CCCC2)cc1. The lowest BCUT2D eigenvalue weighted by atomic mass is 10.2. The molecule has 1 aliphatic rings. The van der Waals surface area contributed by atoms with Crippen molar-refractivity contribution in [3.8, 4) is 0 Å². The number of pyridine rings is 1. The predicted molar refractivity (Wildman–Crippen MR) is 122 cm³/mol. The zero-order valence-electron chi connectivity index (χ0n) is 17.0. The molecule has 9 heteroatoms. The second-order valence-corrected chi connectivity index (χ2v) is 8.47. The minimum absolute atomic E-state index is 0.123. The normalized spacial score (nSPS) is 13.7. The molecule has 8 nitrogen and oxygen atoms in total. The van der Waals surface area contributed by atoms with Gasteiger partial charge >= 0.3 is 6.03 Å². The third-order valence-electron chi connectivity index (χ3n) is 4.87. The molecule has 1 aliphatic heterocycles. The van der Waals surface area contributed by atoms with Crippen molar-refractivity contribution in [3.63, 3.8) is 0 Å². The third kappa shape index (κ3) is 6.34. The van der Waals surface area contributed by atoms with E-state index in [0.29, 0.717) is 10.8 Å². The van der Waals surface area contributed by atoms with E-state index in [1.54, 1.807) is 30.7 Å². The first-order valence-corrected chi connectivity index (χ1v) is 11.0. The highest BCUT2D eigenvalue weighted by molar-refractivity contribution is 7.15. The van der Waals surface area contributed by atoms with Gasteiger partial charge < -0.3 is 10.6 Å². The van der Waals surface area contributed by atoms with E-state index in [1.807, 2.05) is 12.1 Å². The van der Waals surface area contributed by atoms with Gasteiger partial charge in [-0.1, -0.05) is 12.1 Å². The Bertz CT molecular complexity index is 1020. The summed E-state index contributed by atoms with van der Waals surface area (Å²) in [5.41, 5.74) is 2.61.